The second-order valence-electron chi connectivity index (χ2n) is 6.08. The van der Waals surface area contributed by atoms with Gasteiger partial charge in [0.05, 0.1) is 0 Å². The van der Waals surface area contributed by atoms with Gasteiger partial charge in [-0.1, -0.05) is 13.3 Å². The van der Waals surface area contributed by atoms with Crippen molar-refractivity contribution < 1.29 is 4.79 Å². The molecule has 4 nitrogen and oxygen atoms in total. The molecule has 4 heteroatoms. The van der Waals surface area contributed by atoms with Crippen LogP contribution in [-0.4, -0.2) is 48.6 Å². The van der Waals surface area contributed by atoms with Gasteiger partial charge in [0.15, 0.2) is 0 Å². The zero-order valence-electron chi connectivity index (χ0n) is 12.5. The van der Waals surface area contributed by atoms with Crippen molar-refractivity contribution in [2.75, 3.05) is 19.6 Å². The van der Waals surface area contributed by atoms with E-state index in [1.807, 2.05) is 0 Å². The summed E-state index contributed by atoms with van der Waals surface area (Å²) in [6, 6.07) is 2.18. The van der Waals surface area contributed by atoms with Crippen molar-refractivity contribution >= 4 is 5.91 Å². The molecule has 2 aliphatic heterocycles. The SMILES string of the molecule is CCCNC1CC2CCCC(C1)N2CCNC(C)=O. The first-order valence-electron chi connectivity index (χ1n) is 7.94. The topological polar surface area (TPSA) is 44.4 Å². The van der Waals surface area contributed by atoms with Crippen LogP contribution in [0.5, 0.6) is 0 Å². The van der Waals surface area contributed by atoms with E-state index in [1.165, 1.54) is 38.5 Å². The molecule has 2 aliphatic rings. The van der Waals surface area contributed by atoms with E-state index in [9.17, 15) is 4.79 Å². The molecule has 2 N–H and O–H groups in total. The average molecular weight is 267 g/mol. The standard InChI is InChI=1S/C15H29N3O/c1-3-7-17-13-10-14-5-4-6-15(11-13)18(14)9-8-16-12(2)19/h13-15,17H,3-11H2,1-2H3,(H,16,19). The minimum Gasteiger partial charge on any atom is -0.355 e. The van der Waals surface area contributed by atoms with Crippen LogP contribution in [0.15, 0.2) is 0 Å². The van der Waals surface area contributed by atoms with Crippen molar-refractivity contribution in [3.05, 3.63) is 0 Å². The molecule has 2 unspecified atom stereocenters. The Morgan fingerprint density at radius 3 is 2.47 bits per heavy atom. The number of piperidine rings is 2. The normalized spacial score (nSPS) is 31.2. The van der Waals surface area contributed by atoms with E-state index in [-0.39, 0.29) is 5.91 Å². The Balaban J connectivity index is 1.83. The van der Waals surface area contributed by atoms with Gasteiger partial charge < -0.3 is 10.6 Å². The van der Waals surface area contributed by atoms with Crippen molar-refractivity contribution in [3.8, 4) is 0 Å². The third-order valence-corrected chi connectivity index (χ3v) is 4.55. The van der Waals surface area contributed by atoms with Gasteiger partial charge in [-0.05, 0) is 38.6 Å². The number of fused-ring (bicyclic) bond motifs is 2. The van der Waals surface area contributed by atoms with Gasteiger partial charge in [-0.25, -0.2) is 0 Å². The highest BCUT2D eigenvalue weighted by Crippen LogP contribution is 2.33. The molecule has 0 aromatic carbocycles. The lowest BCUT2D eigenvalue weighted by atomic mass is 9.81. The molecule has 2 heterocycles. The van der Waals surface area contributed by atoms with Crippen LogP contribution in [0.25, 0.3) is 0 Å². The Morgan fingerprint density at radius 1 is 1.21 bits per heavy atom. The van der Waals surface area contributed by atoms with Crippen molar-refractivity contribution in [2.45, 2.75) is 70.5 Å². The Bertz CT molecular complexity index is 281. The summed E-state index contributed by atoms with van der Waals surface area (Å²) < 4.78 is 0. The lowest BCUT2D eigenvalue weighted by Gasteiger charge is -2.49. The lowest BCUT2D eigenvalue weighted by Crippen LogP contribution is -2.57. The van der Waals surface area contributed by atoms with Crippen LogP contribution >= 0.6 is 0 Å². The van der Waals surface area contributed by atoms with E-state index in [0.717, 1.165) is 31.7 Å². The minimum absolute atomic E-state index is 0.0876. The molecule has 19 heavy (non-hydrogen) atoms. The number of carbonyl (C=O) groups is 1. The molecule has 0 aromatic heterocycles. The average Bonchev–Trinajstić information content (AvgIpc) is 2.36. The number of hydrogen-bond donors (Lipinski definition) is 2. The molecule has 2 rings (SSSR count). The maximum Gasteiger partial charge on any atom is 0.216 e. The Labute approximate surface area is 117 Å². The van der Waals surface area contributed by atoms with E-state index in [1.54, 1.807) is 6.92 Å². The fraction of sp³-hybridized carbons (Fsp3) is 0.933. The van der Waals surface area contributed by atoms with E-state index in [4.69, 9.17) is 0 Å². The molecule has 0 saturated carbocycles. The second-order valence-corrected chi connectivity index (χ2v) is 6.08. The number of carbonyl (C=O) groups excluding carboxylic acids is 1. The Hall–Kier alpha value is -0.610. The molecule has 1 amide bonds. The fourth-order valence-corrected chi connectivity index (χ4v) is 3.72. The van der Waals surface area contributed by atoms with Gasteiger partial charge >= 0.3 is 0 Å². The second kappa shape index (κ2) is 7.25. The summed E-state index contributed by atoms with van der Waals surface area (Å²) in [5, 5.41) is 6.63. The molecule has 0 radical (unpaired) electrons. The van der Waals surface area contributed by atoms with Crippen molar-refractivity contribution in [1.29, 1.82) is 0 Å². The highest BCUT2D eigenvalue weighted by atomic mass is 16.1. The van der Waals surface area contributed by atoms with Crippen LogP contribution in [0.1, 0.15) is 52.4 Å². The van der Waals surface area contributed by atoms with E-state index in [0.29, 0.717) is 6.04 Å². The monoisotopic (exact) mass is 267 g/mol. The maximum atomic E-state index is 11.0. The van der Waals surface area contributed by atoms with Crippen molar-refractivity contribution in [1.82, 2.24) is 15.5 Å². The molecule has 2 fully saturated rings. The lowest BCUT2D eigenvalue weighted by molar-refractivity contribution is -0.119. The third kappa shape index (κ3) is 4.18. The molecular weight excluding hydrogens is 238 g/mol. The highest BCUT2D eigenvalue weighted by Gasteiger charge is 2.37. The van der Waals surface area contributed by atoms with Gasteiger partial charge in [-0.15, -0.1) is 0 Å². The number of hydrogen-bond acceptors (Lipinski definition) is 3. The van der Waals surface area contributed by atoms with Gasteiger partial charge in [0, 0.05) is 38.1 Å². The van der Waals surface area contributed by atoms with Crippen LogP contribution < -0.4 is 10.6 Å². The number of nitrogens with one attached hydrogen (secondary N) is 2. The highest BCUT2D eigenvalue weighted by molar-refractivity contribution is 5.72. The zero-order chi connectivity index (χ0) is 13.7. The van der Waals surface area contributed by atoms with Crippen molar-refractivity contribution in [2.24, 2.45) is 0 Å². The zero-order valence-corrected chi connectivity index (χ0v) is 12.5. The fourth-order valence-electron chi connectivity index (χ4n) is 3.72. The van der Waals surface area contributed by atoms with Gasteiger partial charge in [-0.2, -0.15) is 0 Å². The Kier molecular flexibility index (Phi) is 5.64. The van der Waals surface area contributed by atoms with Gasteiger partial charge in [-0.3, -0.25) is 9.69 Å². The first-order chi connectivity index (χ1) is 9.20. The summed E-state index contributed by atoms with van der Waals surface area (Å²) in [5.41, 5.74) is 0. The summed E-state index contributed by atoms with van der Waals surface area (Å²) >= 11 is 0. The predicted octanol–water partition coefficient (Wildman–Crippen LogP) is 1.51. The van der Waals surface area contributed by atoms with Crippen LogP contribution in [-0.2, 0) is 4.79 Å². The first kappa shape index (κ1) is 14.8. The van der Waals surface area contributed by atoms with Crippen LogP contribution in [0.2, 0.25) is 0 Å². The van der Waals surface area contributed by atoms with E-state index < -0.39 is 0 Å². The molecule has 0 aliphatic carbocycles. The Morgan fingerprint density at radius 2 is 1.89 bits per heavy atom. The van der Waals surface area contributed by atoms with Crippen LogP contribution in [0.4, 0.5) is 0 Å². The molecule has 2 bridgehead atoms. The molecule has 110 valence electrons. The van der Waals surface area contributed by atoms with Crippen LogP contribution in [0, 0.1) is 0 Å². The van der Waals surface area contributed by atoms with Crippen molar-refractivity contribution in [3.63, 3.8) is 0 Å². The molecule has 0 spiro atoms. The summed E-state index contributed by atoms with van der Waals surface area (Å²) in [6.45, 7) is 6.80. The summed E-state index contributed by atoms with van der Waals surface area (Å²) in [4.78, 5) is 13.6. The van der Waals surface area contributed by atoms with Gasteiger partial charge in [0.25, 0.3) is 0 Å². The number of rotatable bonds is 6. The molecule has 2 atom stereocenters. The molecule has 0 aromatic rings. The molecule has 2 saturated heterocycles. The first-order valence-corrected chi connectivity index (χ1v) is 7.94. The quantitative estimate of drug-likeness (QED) is 0.767. The minimum atomic E-state index is 0.0876. The summed E-state index contributed by atoms with van der Waals surface area (Å²) in [5.74, 6) is 0.0876. The van der Waals surface area contributed by atoms with Gasteiger partial charge in [0.2, 0.25) is 5.91 Å². The van der Waals surface area contributed by atoms with Gasteiger partial charge in [0.1, 0.15) is 0 Å². The summed E-state index contributed by atoms with van der Waals surface area (Å²) in [7, 11) is 0. The molecular formula is C15H29N3O. The van der Waals surface area contributed by atoms with Crippen LogP contribution in [0.3, 0.4) is 0 Å². The number of nitrogens with zero attached hydrogens (tertiary/aromatic N) is 1. The predicted molar refractivity (Wildman–Crippen MR) is 78.1 cm³/mol. The number of amides is 1. The third-order valence-electron chi connectivity index (χ3n) is 4.55. The summed E-state index contributed by atoms with van der Waals surface area (Å²) in [6.07, 6.45) is 7.85. The smallest absolute Gasteiger partial charge is 0.216 e. The maximum absolute atomic E-state index is 11.0. The van der Waals surface area contributed by atoms with E-state index >= 15 is 0 Å². The van der Waals surface area contributed by atoms with E-state index in [2.05, 4.69) is 22.5 Å². The largest absolute Gasteiger partial charge is 0.355 e.